The van der Waals surface area contributed by atoms with Crippen molar-refractivity contribution in [3.63, 3.8) is 0 Å². The molecule has 3 fully saturated rings. The molecule has 0 unspecified atom stereocenters. The van der Waals surface area contributed by atoms with Gasteiger partial charge in [-0.05, 0) is 50.7 Å². The van der Waals surface area contributed by atoms with Crippen molar-refractivity contribution in [1.82, 2.24) is 9.97 Å². The molecule has 208 valence electrons. The summed E-state index contributed by atoms with van der Waals surface area (Å²) in [6.07, 6.45) is 11.1. The number of methoxy groups -OCH3 is 1. The van der Waals surface area contributed by atoms with Crippen LogP contribution in [0.15, 0.2) is 24.4 Å². The van der Waals surface area contributed by atoms with Crippen molar-refractivity contribution in [3.8, 4) is 5.75 Å². The molecule has 6 rings (SSSR count). The lowest BCUT2D eigenvalue weighted by Gasteiger charge is -2.36. The number of ether oxygens (including phenoxy) is 1. The summed E-state index contributed by atoms with van der Waals surface area (Å²) >= 11 is 0. The third-order valence-electron chi connectivity index (χ3n) is 9.25. The number of hydrogen-bond donors (Lipinski definition) is 2. The van der Waals surface area contributed by atoms with Gasteiger partial charge in [-0.1, -0.05) is 19.3 Å². The van der Waals surface area contributed by atoms with Gasteiger partial charge in [-0.2, -0.15) is 4.98 Å². The van der Waals surface area contributed by atoms with Crippen molar-refractivity contribution >= 4 is 40.6 Å². The Morgan fingerprint density at radius 3 is 2.56 bits per heavy atom. The zero-order chi connectivity index (χ0) is 27.1. The minimum atomic E-state index is -0.210. The van der Waals surface area contributed by atoms with E-state index < -0.39 is 0 Å². The van der Waals surface area contributed by atoms with Crippen molar-refractivity contribution in [2.24, 2.45) is 17.6 Å². The molecule has 2 aromatic rings. The lowest BCUT2D eigenvalue weighted by molar-refractivity contribution is -0.123. The number of nitrogens with one attached hydrogen (secondary N) is 1. The summed E-state index contributed by atoms with van der Waals surface area (Å²) in [5, 5.41) is 3.39. The Morgan fingerprint density at radius 2 is 1.85 bits per heavy atom. The van der Waals surface area contributed by atoms with Crippen molar-refractivity contribution in [1.29, 1.82) is 0 Å². The van der Waals surface area contributed by atoms with Crippen LogP contribution in [-0.4, -0.2) is 61.1 Å². The highest BCUT2D eigenvalue weighted by Gasteiger charge is 2.46. The largest absolute Gasteiger partial charge is 0.494 e. The summed E-state index contributed by atoms with van der Waals surface area (Å²) in [4.78, 5) is 41.1. The second kappa shape index (κ2) is 10.5. The maximum Gasteiger partial charge on any atom is 0.232 e. The van der Waals surface area contributed by atoms with Crippen LogP contribution in [-0.2, 0) is 9.59 Å². The van der Waals surface area contributed by atoms with Crippen LogP contribution >= 0.6 is 0 Å². The van der Waals surface area contributed by atoms with Crippen LogP contribution in [0.2, 0.25) is 0 Å². The highest BCUT2D eigenvalue weighted by atomic mass is 16.5. The Labute approximate surface area is 229 Å². The van der Waals surface area contributed by atoms with E-state index in [4.69, 9.17) is 15.5 Å². The lowest BCUT2D eigenvalue weighted by atomic mass is 9.96. The Hall–Kier alpha value is -3.56. The number of nitrogens with zero attached hydrogens (tertiary/aromatic N) is 5. The van der Waals surface area contributed by atoms with Gasteiger partial charge < -0.3 is 30.5 Å². The Kier molecular flexibility index (Phi) is 6.95. The molecule has 3 heterocycles. The van der Waals surface area contributed by atoms with Gasteiger partial charge in [0, 0.05) is 49.9 Å². The van der Waals surface area contributed by atoms with Crippen molar-refractivity contribution in [2.45, 2.75) is 69.9 Å². The van der Waals surface area contributed by atoms with Gasteiger partial charge in [-0.25, -0.2) is 4.98 Å². The minimum absolute atomic E-state index is 0.0156. The average Bonchev–Trinajstić information content (AvgIpc) is 3.65. The van der Waals surface area contributed by atoms with Gasteiger partial charge in [0.1, 0.15) is 11.4 Å². The second-order valence-electron chi connectivity index (χ2n) is 11.4. The summed E-state index contributed by atoms with van der Waals surface area (Å²) in [6, 6.07) is 6.65. The number of carbonyl (C=O) groups excluding carboxylic acids is 2. The zero-order valence-electron chi connectivity index (χ0n) is 22.9. The van der Waals surface area contributed by atoms with E-state index in [1.807, 2.05) is 19.2 Å². The molecule has 2 atom stereocenters. The standard InChI is InChI=1S/C29H39N7O3/c1-34-24-17-31-29(33-27(24)36(19-6-3-4-7-19)23-9-5-8-21(23)28(34)38)32-22-11-10-20(16-25(22)39-2)35-14-12-18(13-15-35)26(30)37/h10-11,16-19,21,23H,3-9,12-15H2,1-2H3,(H2,30,37)(H,31,32,33)/t21-,23+/m0/s1. The number of hydrogen-bond acceptors (Lipinski definition) is 8. The number of aromatic nitrogens is 2. The highest BCUT2D eigenvalue weighted by molar-refractivity contribution is 5.99. The van der Waals surface area contributed by atoms with Gasteiger partial charge >= 0.3 is 0 Å². The lowest BCUT2D eigenvalue weighted by Crippen LogP contribution is -2.46. The van der Waals surface area contributed by atoms with Crippen molar-refractivity contribution < 1.29 is 14.3 Å². The number of carbonyl (C=O) groups is 2. The number of rotatable bonds is 6. The molecule has 0 radical (unpaired) electrons. The van der Waals surface area contributed by atoms with Crippen molar-refractivity contribution in [2.75, 3.05) is 47.3 Å². The summed E-state index contributed by atoms with van der Waals surface area (Å²) in [5.41, 5.74) is 8.11. The summed E-state index contributed by atoms with van der Waals surface area (Å²) in [6.45, 7) is 1.56. The SMILES string of the molecule is COc1cc(N2CCC(C(N)=O)CC2)ccc1Nc1ncc2c(n1)N(C1CCCC1)[C@@H]1CCC[C@@H]1C(=O)N2C. The first-order valence-electron chi connectivity index (χ1n) is 14.4. The van der Waals surface area contributed by atoms with Crippen LogP contribution in [0, 0.1) is 11.8 Å². The van der Waals surface area contributed by atoms with E-state index in [1.54, 1.807) is 18.2 Å². The highest BCUT2D eigenvalue weighted by Crippen LogP contribution is 2.45. The van der Waals surface area contributed by atoms with Gasteiger partial charge in [0.2, 0.25) is 17.8 Å². The molecule has 0 spiro atoms. The minimum Gasteiger partial charge on any atom is -0.494 e. The van der Waals surface area contributed by atoms with Gasteiger partial charge in [-0.15, -0.1) is 0 Å². The van der Waals surface area contributed by atoms with E-state index in [2.05, 4.69) is 26.2 Å². The number of anilines is 5. The third-order valence-corrected chi connectivity index (χ3v) is 9.25. The van der Waals surface area contributed by atoms with E-state index in [0.29, 0.717) is 17.7 Å². The zero-order valence-corrected chi connectivity index (χ0v) is 22.9. The topological polar surface area (TPSA) is 117 Å². The van der Waals surface area contributed by atoms with E-state index in [0.717, 1.165) is 80.9 Å². The number of nitrogens with two attached hydrogens (primary N) is 1. The van der Waals surface area contributed by atoms with Gasteiger partial charge in [0.05, 0.1) is 24.9 Å². The van der Waals surface area contributed by atoms with Crippen LogP contribution in [0.4, 0.5) is 28.8 Å². The first-order chi connectivity index (χ1) is 18.9. The second-order valence-corrected chi connectivity index (χ2v) is 11.4. The summed E-state index contributed by atoms with van der Waals surface area (Å²) in [5.74, 6) is 1.98. The molecule has 2 amide bonds. The van der Waals surface area contributed by atoms with Crippen LogP contribution in [0.25, 0.3) is 0 Å². The molecule has 1 aromatic carbocycles. The molecule has 2 saturated carbocycles. The molecule has 2 aliphatic heterocycles. The quantitative estimate of drug-likeness (QED) is 0.576. The number of benzene rings is 1. The van der Waals surface area contributed by atoms with Gasteiger partial charge in [-0.3, -0.25) is 9.59 Å². The van der Waals surface area contributed by atoms with E-state index in [1.165, 1.54) is 12.8 Å². The third kappa shape index (κ3) is 4.74. The van der Waals surface area contributed by atoms with E-state index >= 15 is 0 Å². The Morgan fingerprint density at radius 1 is 1.08 bits per heavy atom. The maximum atomic E-state index is 13.4. The molecule has 39 heavy (non-hydrogen) atoms. The molecule has 10 nitrogen and oxygen atoms in total. The average molecular weight is 534 g/mol. The normalized spacial score (nSPS) is 23.9. The van der Waals surface area contributed by atoms with Crippen molar-refractivity contribution in [3.05, 3.63) is 24.4 Å². The number of primary amides is 1. The van der Waals surface area contributed by atoms with Crippen LogP contribution in [0.5, 0.6) is 5.75 Å². The Bertz CT molecular complexity index is 1240. The smallest absolute Gasteiger partial charge is 0.232 e. The van der Waals surface area contributed by atoms with Crippen LogP contribution in [0.1, 0.15) is 57.8 Å². The summed E-state index contributed by atoms with van der Waals surface area (Å²) < 4.78 is 5.75. The number of amides is 2. The molecule has 3 N–H and O–H groups in total. The molecule has 4 aliphatic rings. The first-order valence-corrected chi connectivity index (χ1v) is 14.4. The number of fused-ring (bicyclic) bond motifs is 2. The molecule has 0 bridgehead atoms. The molecule has 1 aromatic heterocycles. The predicted molar refractivity (Wildman–Crippen MR) is 152 cm³/mol. The molecule has 2 aliphatic carbocycles. The van der Waals surface area contributed by atoms with Gasteiger partial charge in [0.15, 0.2) is 5.82 Å². The monoisotopic (exact) mass is 533 g/mol. The first kappa shape index (κ1) is 25.7. The molecule has 1 saturated heterocycles. The summed E-state index contributed by atoms with van der Waals surface area (Å²) in [7, 11) is 3.52. The fraction of sp³-hybridized carbons (Fsp3) is 0.586. The van der Waals surface area contributed by atoms with Crippen LogP contribution < -0.4 is 30.5 Å². The predicted octanol–water partition coefficient (Wildman–Crippen LogP) is 3.82. The maximum absolute atomic E-state index is 13.4. The Balaban J connectivity index is 1.28. The van der Waals surface area contributed by atoms with Crippen LogP contribution in [0.3, 0.4) is 0 Å². The van der Waals surface area contributed by atoms with Gasteiger partial charge in [0.25, 0.3) is 0 Å². The van der Waals surface area contributed by atoms with E-state index in [9.17, 15) is 9.59 Å². The fourth-order valence-electron chi connectivity index (χ4n) is 7.09. The molecular weight excluding hydrogens is 494 g/mol. The molecular formula is C29H39N7O3. The number of piperidine rings is 1. The fourth-order valence-corrected chi connectivity index (χ4v) is 7.09. The van der Waals surface area contributed by atoms with E-state index in [-0.39, 0.29) is 29.7 Å². The molecule has 10 heteroatoms.